The molecule has 1 aromatic heterocycles. The van der Waals surface area contributed by atoms with Crippen LogP contribution in [0.3, 0.4) is 0 Å². The fourth-order valence-corrected chi connectivity index (χ4v) is 3.56. The van der Waals surface area contributed by atoms with E-state index in [1.54, 1.807) is 11.8 Å². The summed E-state index contributed by atoms with van der Waals surface area (Å²) in [5.74, 6) is 1.69. The summed E-state index contributed by atoms with van der Waals surface area (Å²) in [5, 5.41) is 0. The molecule has 6 heteroatoms. The van der Waals surface area contributed by atoms with Crippen LogP contribution in [0.2, 0.25) is 0 Å². The molecule has 4 nitrogen and oxygen atoms in total. The topological polar surface area (TPSA) is 36.4 Å². The molecule has 2 aromatic rings. The molecule has 2 heterocycles. The van der Waals surface area contributed by atoms with Crippen molar-refractivity contribution in [3.63, 3.8) is 0 Å². The molecule has 3 rings (SSSR count). The van der Waals surface area contributed by atoms with Crippen molar-refractivity contribution in [1.82, 2.24) is 9.88 Å². The molecule has 1 fully saturated rings. The number of hydrogen-bond donors (Lipinski definition) is 0. The number of pyridine rings is 1. The fourth-order valence-electron chi connectivity index (χ4n) is 2.49. The van der Waals surface area contributed by atoms with E-state index in [4.69, 9.17) is 0 Å². The summed E-state index contributed by atoms with van der Waals surface area (Å²) in [4.78, 5) is 22.0. The monoisotopic (exact) mass is 391 g/mol. The van der Waals surface area contributed by atoms with Gasteiger partial charge < -0.3 is 9.80 Å². The van der Waals surface area contributed by atoms with Crippen molar-refractivity contribution >= 4 is 39.4 Å². The zero-order chi connectivity index (χ0) is 16.1. The largest absolute Gasteiger partial charge is 0.353 e. The van der Waals surface area contributed by atoms with Gasteiger partial charge in [-0.1, -0.05) is 22.0 Å². The molecule has 1 amide bonds. The van der Waals surface area contributed by atoms with Crippen LogP contribution < -0.4 is 4.90 Å². The first-order chi connectivity index (χ1) is 11.2. The predicted molar refractivity (Wildman–Crippen MR) is 97.9 cm³/mol. The van der Waals surface area contributed by atoms with Crippen molar-refractivity contribution in [1.29, 1.82) is 0 Å². The molecule has 0 N–H and O–H groups in total. The van der Waals surface area contributed by atoms with E-state index in [0.29, 0.717) is 5.75 Å². The molecule has 0 bridgehead atoms. The van der Waals surface area contributed by atoms with Crippen LogP contribution in [0.5, 0.6) is 0 Å². The minimum Gasteiger partial charge on any atom is -0.353 e. The summed E-state index contributed by atoms with van der Waals surface area (Å²) in [6.07, 6.45) is 1.81. The van der Waals surface area contributed by atoms with E-state index >= 15 is 0 Å². The average molecular weight is 392 g/mol. The van der Waals surface area contributed by atoms with Gasteiger partial charge in [0.25, 0.3) is 0 Å². The third-order valence-electron chi connectivity index (χ3n) is 3.78. The Balaban J connectivity index is 1.47. The molecular weight excluding hydrogens is 374 g/mol. The van der Waals surface area contributed by atoms with E-state index in [0.717, 1.165) is 41.4 Å². The Kier molecular flexibility index (Phi) is 5.56. The van der Waals surface area contributed by atoms with Gasteiger partial charge in [-0.3, -0.25) is 4.79 Å². The second kappa shape index (κ2) is 7.84. The maximum Gasteiger partial charge on any atom is 0.233 e. The van der Waals surface area contributed by atoms with E-state index in [-0.39, 0.29) is 5.91 Å². The van der Waals surface area contributed by atoms with E-state index in [1.165, 1.54) is 0 Å². The Hall–Kier alpha value is -1.53. The van der Waals surface area contributed by atoms with Crippen LogP contribution in [0.1, 0.15) is 0 Å². The summed E-state index contributed by atoms with van der Waals surface area (Å²) >= 11 is 5.01. The summed E-state index contributed by atoms with van der Waals surface area (Å²) in [7, 11) is 0. The normalized spacial score (nSPS) is 14.8. The number of carbonyl (C=O) groups is 1. The highest BCUT2D eigenvalue weighted by Gasteiger charge is 2.21. The van der Waals surface area contributed by atoms with Crippen LogP contribution in [-0.2, 0) is 4.79 Å². The molecule has 0 spiro atoms. The van der Waals surface area contributed by atoms with Gasteiger partial charge in [0, 0.05) is 41.7 Å². The molecule has 0 unspecified atom stereocenters. The maximum atomic E-state index is 12.3. The highest BCUT2D eigenvalue weighted by atomic mass is 79.9. The number of amides is 1. The lowest BCUT2D eigenvalue weighted by atomic mass is 10.3. The predicted octanol–water partition coefficient (Wildman–Crippen LogP) is 3.29. The van der Waals surface area contributed by atoms with Crippen molar-refractivity contribution in [3.05, 3.63) is 53.1 Å². The van der Waals surface area contributed by atoms with Crippen LogP contribution in [0, 0.1) is 0 Å². The van der Waals surface area contributed by atoms with Gasteiger partial charge in [0.05, 0.1) is 5.75 Å². The second-order valence-corrected chi connectivity index (χ2v) is 7.26. The number of anilines is 1. The van der Waals surface area contributed by atoms with Crippen LogP contribution in [0.15, 0.2) is 58.0 Å². The Morgan fingerprint density at radius 1 is 1.09 bits per heavy atom. The third-order valence-corrected chi connectivity index (χ3v) is 5.31. The molecule has 0 atom stereocenters. The first-order valence-corrected chi connectivity index (χ1v) is 9.32. The molecule has 120 valence electrons. The molecule has 1 aliphatic heterocycles. The Morgan fingerprint density at radius 2 is 1.83 bits per heavy atom. The number of halogens is 1. The van der Waals surface area contributed by atoms with E-state index < -0.39 is 0 Å². The van der Waals surface area contributed by atoms with Gasteiger partial charge in [0.15, 0.2) is 0 Å². The first-order valence-electron chi connectivity index (χ1n) is 7.54. The smallest absolute Gasteiger partial charge is 0.233 e. The lowest BCUT2D eigenvalue weighted by molar-refractivity contribution is -0.128. The number of carbonyl (C=O) groups excluding carboxylic acids is 1. The van der Waals surface area contributed by atoms with Crippen LogP contribution >= 0.6 is 27.7 Å². The SMILES string of the molecule is O=C(CSc1ccc(Br)cc1)N1CCN(c2ccccn2)CC1. The molecule has 1 aliphatic rings. The van der Waals surface area contributed by atoms with Crippen molar-refractivity contribution in [2.24, 2.45) is 0 Å². The van der Waals surface area contributed by atoms with E-state index in [1.807, 2.05) is 53.6 Å². The van der Waals surface area contributed by atoms with Gasteiger partial charge in [0.1, 0.15) is 5.82 Å². The Morgan fingerprint density at radius 3 is 2.48 bits per heavy atom. The van der Waals surface area contributed by atoms with Gasteiger partial charge in [-0.25, -0.2) is 4.98 Å². The molecule has 0 aliphatic carbocycles. The minimum absolute atomic E-state index is 0.207. The lowest BCUT2D eigenvalue weighted by Gasteiger charge is -2.35. The maximum absolute atomic E-state index is 12.3. The quantitative estimate of drug-likeness (QED) is 0.749. The number of piperazine rings is 1. The number of aromatic nitrogens is 1. The molecule has 1 aromatic carbocycles. The first kappa shape index (κ1) is 16.3. The van der Waals surface area contributed by atoms with E-state index in [2.05, 4.69) is 25.8 Å². The number of rotatable bonds is 4. The highest BCUT2D eigenvalue weighted by molar-refractivity contribution is 9.10. The highest BCUT2D eigenvalue weighted by Crippen LogP contribution is 2.21. The summed E-state index contributed by atoms with van der Waals surface area (Å²) in [6.45, 7) is 3.20. The average Bonchev–Trinajstić information content (AvgIpc) is 2.62. The molecular formula is C17H18BrN3OS. The number of benzene rings is 1. The molecule has 1 saturated heterocycles. The van der Waals surface area contributed by atoms with Gasteiger partial charge in [-0.15, -0.1) is 11.8 Å². The van der Waals surface area contributed by atoms with Crippen LogP contribution in [0.25, 0.3) is 0 Å². The zero-order valence-corrected chi connectivity index (χ0v) is 15.1. The van der Waals surface area contributed by atoms with Crippen LogP contribution in [0.4, 0.5) is 5.82 Å². The molecule has 0 radical (unpaired) electrons. The lowest BCUT2D eigenvalue weighted by Crippen LogP contribution is -2.49. The van der Waals surface area contributed by atoms with Crippen molar-refractivity contribution < 1.29 is 4.79 Å². The molecule has 0 saturated carbocycles. The number of thioether (sulfide) groups is 1. The number of hydrogen-bond acceptors (Lipinski definition) is 4. The van der Waals surface area contributed by atoms with Crippen molar-refractivity contribution in [2.45, 2.75) is 4.90 Å². The number of nitrogens with zero attached hydrogens (tertiary/aromatic N) is 3. The summed E-state index contributed by atoms with van der Waals surface area (Å²) in [6, 6.07) is 14.0. The van der Waals surface area contributed by atoms with Gasteiger partial charge in [0.2, 0.25) is 5.91 Å². The summed E-state index contributed by atoms with van der Waals surface area (Å²) < 4.78 is 1.05. The zero-order valence-electron chi connectivity index (χ0n) is 12.7. The molecule has 23 heavy (non-hydrogen) atoms. The minimum atomic E-state index is 0.207. The Labute approximate surface area is 149 Å². The van der Waals surface area contributed by atoms with Crippen LogP contribution in [-0.4, -0.2) is 47.7 Å². The summed E-state index contributed by atoms with van der Waals surface area (Å²) in [5.41, 5.74) is 0. The van der Waals surface area contributed by atoms with Crippen molar-refractivity contribution in [3.8, 4) is 0 Å². The second-order valence-electron chi connectivity index (χ2n) is 5.30. The standard InChI is InChI=1S/C17H18BrN3OS/c18-14-4-6-15(7-5-14)23-13-17(22)21-11-9-20(10-12-21)16-3-1-2-8-19-16/h1-8H,9-13H2. The van der Waals surface area contributed by atoms with Gasteiger partial charge >= 0.3 is 0 Å². The Bertz CT molecular complexity index is 643. The third kappa shape index (κ3) is 4.48. The van der Waals surface area contributed by atoms with Gasteiger partial charge in [-0.2, -0.15) is 0 Å². The van der Waals surface area contributed by atoms with E-state index in [9.17, 15) is 4.79 Å². The van der Waals surface area contributed by atoms with Crippen molar-refractivity contribution in [2.75, 3.05) is 36.8 Å². The van der Waals surface area contributed by atoms with Gasteiger partial charge in [-0.05, 0) is 36.4 Å². The fraction of sp³-hybridized carbons (Fsp3) is 0.294.